The molecule has 2 atom stereocenters. The lowest BCUT2D eigenvalue weighted by atomic mass is 10.0. The summed E-state index contributed by atoms with van der Waals surface area (Å²) in [4.78, 5) is 18.8. The molecule has 1 fully saturated rings. The van der Waals surface area contributed by atoms with Gasteiger partial charge in [0.25, 0.3) is 0 Å². The number of amides is 1. The van der Waals surface area contributed by atoms with Gasteiger partial charge in [-0.05, 0) is 75.1 Å². The van der Waals surface area contributed by atoms with Crippen molar-refractivity contribution in [1.82, 2.24) is 9.80 Å². The highest BCUT2D eigenvalue weighted by Crippen LogP contribution is 2.34. The first-order valence-electron chi connectivity index (χ1n) is 12.5. The maximum absolute atomic E-state index is 13.6. The van der Waals surface area contributed by atoms with Gasteiger partial charge < -0.3 is 19.5 Å². The normalized spacial score (nSPS) is 19.0. The van der Waals surface area contributed by atoms with Crippen molar-refractivity contribution in [2.45, 2.75) is 57.8 Å². The second-order valence-electron chi connectivity index (χ2n) is 10.6. The zero-order valence-corrected chi connectivity index (χ0v) is 21.7. The van der Waals surface area contributed by atoms with Gasteiger partial charge in [-0.1, -0.05) is 6.07 Å². The molecule has 192 valence electrons. The zero-order valence-electron chi connectivity index (χ0n) is 20.9. The van der Waals surface area contributed by atoms with Gasteiger partial charge in [0.15, 0.2) is 0 Å². The Balaban J connectivity index is 1.42. The summed E-state index contributed by atoms with van der Waals surface area (Å²) < 4.78 is 25.3. The Morgan fingerprint density at radius 3 is 2.83 bits per heavy atom. The molecule has 1 aromatic heterocycles. The molecule has 0 spiro atoms. The van der Waals surface area contributed by atoms with Gasteiger partial charge in [0, 0.05) is 30.6 Å². The summed E-state index contributed by atoms with van der Waals surface area (Å²) in [5.74, 6) is 0.729. The number of aliphatic hydroxyl groups excluding tert-OH is 1. The number of benzene rings is 1. The van der Waals surface area contributed by atoms with Gasteiger partial charge in [-0.15, -0.1) is 11.3 Å². The molecular weight excluding hydrogens is 467 g/mol. The number of rotatable bonds is 11. The molecule has 4 rings (SSSR count). The highest BCUT2D eigenvalue weighted by Gasteiger charge is 2.34. The molecule has 1 amide bonds. The van der Waals surface area contributed by atoms with Crippen LogP contribution >= 0.6 is 11.3 Å². The van der Waals surface area contributed by atoms with Gasteiger partial charge in [-0.25, -0.2) is 4.39 Å². The van der Waals surface area contributed by atoms with Crippen LogP contribution in [-0.4, -0.2) is 71.9 Å². The third-order valence-corrected chi connectivity index (χ3v) is 7.37. The minimum absolute atomic E-state index is 0.0271. The number of hydrogen-bond donors (Lipinski definition) is 1. The van der Waals surface area contributed by atoms with Gasteiger partial charge in [-0.2, -0.15) is 0 Å². The van der Waals surface area contributed by atoms with Gasteiger partial charge in [-0.3, -0.25) is 9.69 Å². The molecule has 35 heavy (non-hydrogen) atoms. The highest BCUT2D eigenvalue weighted by atomic mass is 32.1. The molecule has 0 radical (unpaired) electrons. The van der Waals surface area contributed by atoms with Crippen molar-refractivity contribution < 1.29 is 23.8 Å². The number of ether oxygens (including phenoxy) is 2. The minimum atomic E-state index is -0.655. The van der Waals surface area contributed by atoms with E-state index in [-0.39, 0.29) is 43.1 Å². The van der Waals surface area contributed by atoms with Crippen molar-refractivity contribution in [2.75, 3.05) is 39.4 Å². The quantitative estimate of drug-likeness (QED) is 0.495. The van der Waals surface area contributed by atoms with Gasteiger partial charge in [0.1, 0.15) is 18.2 Å². The van der Waals surface area contributed by atoms with Crippen molar-refractivity contribution in [1.29, 1.82) is 0 Å². The molecule has 1 aliphatic heterocycles. The van der Waals surface area contributed by atoms with E-state index >= 15 is 0 Å². The SMILES string of the molecule is CC(C)(C)OCC(O)CN(CC(=O)N1CCc2sccc2C1COc1cccc(F)c1)CC1CC1. The van der Waals surface area contributed by atoms with E-state index < -0.39 is 6.10 Å². The van der Waals surface area contributed by atoms with E-state index in [1.165, 1.54) is 29.9 Å². The molecule has 1 saturated carbocycles. The number of fused-ring (bicyclic) bond motifs is 1. The van der Waals surface area contributed by atoms with E-state index in [4.69, 9.17) is 9.47 Å². The van der Waals surface area contributed by atoms with Crippen molar-refractivity contribution in [3.05, 3.63) is 52.0 Å². The average molecular weight is 505 g/mol. The summed E-state index contributed by atoms with van der Waals surface area (Å²) in [6, 6.07) is 7.93. The average Bonchev–Trinajstić information content (AvgIpc) is 3.47. The Kier molecular flexibility index (Phi) is 8.47. The summed E-state index contributed by atoms with van der Waals surface area (Å²) >= 11 is 1.70. The molecule has 2 unspecified atom stereocenters. The van der Waals surface area contributed by atoms with Crippen LogP contribution in [-0.2, 0) is 16.0 Å². The molecule has 8 heteroatoms. The number of halogens is 1. The standard InChI is InChI=1S/C27H37FN2O4S/c1-27(2,3)34-17-21(31)15-29(14-19-7-8-19)16-26(32)30-11-9-25-23(10-12-35-25)24(30)18-33-22-6-4-5-20(28)13-22/h4-6,10,12-13,19,21,24,31H,7-9,11,14-18H2,1-3H3. The summed E-state index contributed by atoms with van der Waals surface area (Å²) in [5.41, 5.74) is 0.789. The summed E-state index contributed by atoms with van der Waals surface area (Å²) in [6.07, 6.45) is 2.51. The number of thiophene rings is 1. The van der Waals surface area contributed by atoms with Crippen LogP contribution in [0.3, 0.4) is 0 Å². The van der Waals surface area contributed by atoms with Crippen LogP contribution in [0.5, 0.6) is 5.75 Å². The number of carbonyl (C=O) groups excluding carboxylic acids is 1. The number of nitrogens with zero attached hydrogens (tertiary/aromatic N) is 2. The van der Waals surface area contributed by atoms with E-state index in [9.17, 15) is 14.3 Å². The topological polar surface area (TPSA) is 62.2 Å². The van der Waals surface area contributed by atoms with Crippen LogP contribution in [0.2, 0.25) is 0 Å². The third-order valence-electron chi connectivity index (χ3n) is 6.37. The van der Waals surface area contributed by atoms with Crippen molar-refractivity contribution in [3.8, 4) is 5.75 Å². The molecule has 2 aromatic rings. The molecule has 1 aliphatic carbocycles. The van der Waals surface area contributed by atoms with E-state index in [0.717, 1.165) is 18.5 Å². The van der Waals surface area contributed by atoms with Crippen molar-refractivity contribution >= 4 is 17.2 Å². The molecule has 1 aromatic carbocycles. The van der Waals surface area contributed by atoms with Gasteiger partial charge >= 0.3 is 0 Å². The maximum atomic E-state index is 13.6. The molecular formula is C27H37FN2O4S. The third kappa shape index (κ3) is 7.74. The lowest BCUT2D eigenvalue weighted by molar-refractivity contribution is -0.136. The second kappa shape index (κ2) is 11.4. The number of carbonyl (C=O) groups is 1. The number of aliphatic hydroxyl groups is 1. The number of hydrogen-bond acceptors (Lipinski definition) is 6. The fourth-order valence-corrected chi connectivity index (χ4v) is 5.38. The lowest BCUT2D eigenvalue weighted by Crippen LogP contribution is -2.48. The van der Waals surface area contributed by atoms with Gasteiger partial charge in [0.05, 0.1) is 30.9 Å². The molecule has 6 nitrogen and oxygen atoms in total. The molecule has 0 bridgehead atoms. The minimum Gasteiger partial charge on any atom is -0.491 e. The highest BCUT2D eigenvalue weighted by molar-refractivity contribution is 7.10. The first-order chi connectivity index (χ1) is 16.7. The van der Waals surface area contributed by atoms with Crippen LogP contribution < -0.4 is 4.74 Å². The van der Waals surface area contributed by atoms with E-state index in [1.54, 1.807) is 23.5 Å². The van der Waals surface area contributed by atoms with Gasteiger partial charge in [0.2, 0.25) is 5.91 Å². The predicted octanol–water partition coefficient (Wildman–Crippen LogP) is 4.28. The van der Waals surface area contributed by atoms with Crippen LogP contribution in [0.4, 0.5) is 4.39 Å². The fraction of sp³-hybridized carbons (Fsp3) is 0.593. The van der Waals surface area contributed by atoms with E-state index in [2.05, 4.69) is 16.3 Å². The van der Waals surface area contributed by atoms with E-state index in [1.807, 2.05) is 25.7 Å². The molecule has 2 aliphatic rings. The first-order valence-corrected chi connectivity index (χ1v) is 13.3. The molecule has 0 saturated heterocycles. The maximum Gasteiger partial charge on any atom is 0.237 e. The Hall–Kier alpha value is -2.00. The Labute approximate surface area is 211 Å². The first kappa shape index (κ1) is 26.1. The summed E-state index contributed by atoms with van der Waals surface area (Å²) in [7, 11) is 0. The Morgan fingerprint density at radius 1 is 1.31 bits per heavy atom. The summed E-state index contributed by atoms with van der Waals surface area (Å²) in [5, 5.41) is 12.6. The Bertz CT molecular complexity index is 988. The van der Waals surface area contributed by atoms with Crippen LogP contribution in [0.25, 0.3) is 0 Å². The fourth-order valence-electron chi connectivity index (χ4n) is 4.45. The second-order valence-corrected chi connectivity index (χ2v) is 11.6. The van der Waals surface area contributed by atoms with Crippen LogP contribution in [0.1, 0.15) is 50.1 Å². The van der Waals surface area contributed by atoms with E-state index in [0.29, 0.717) is 24.8 Å². The van der Waals surface area contributed by atoms with Crippen molar-refractivity contribution in [2.24, 2.45) is 5.92 Å². The Morgan fingerprint density at radius 2 is 2.11 bits per heavy atom. The monoisotopic (exact) mass is 504 g/mol. The smallest absolute Gasteiger partial charge is 0.237 e. The lowest BCUT2D eigenvalue weighted by Gasteiger charge is -2.37. The molecule has 2 heterocycles. The van der Waals surface area contributed by atoms with Crippen LogP contribution in [0, 0.1) is 11.7 Å². The molecule has 1 N–H and O–H groups in total. The van der Waals surface area contributed by atoms with Crippen molar-refractivity contribution in [3.63, 3.8) is 0 Å². The summed E-state index contributed by atoms with van der Waals surface area (Å²) in [6.45, 7) is 8.48. The largest absolute Gasteiger partial charge is 0.491 e. The zero-order chi connectivity index (χ0) is 25.0. The van der Waals surface area contributed by atoms with Crippen LogP contribution in [0.15, 0.2) is 35.7 Å². The predicted molar refractivity (Wildman–Crippen MR) is 135 cm³/mol.